The first-order chi connectivity index (χ1) is 22.9. The van der Waals surface area contributed by atoms with Crippen LogP contribution in [0.15, 0.2) is 67.0 Å². The van der Waals surface area contributed by atoms with Crippen molar-refractivity contribution in [3.8, 4) is 45.8 Å². The molecule has 3 aromatic rings. The predicted molar refractivity (Wildman–Crippen MR) is 213 cm³/mol. The monoisotopic (exact) mass is 788 g/mol. The van der Waals surface area contributed by atoms with Crippen molar-refractivity contribution in [2.45, 2.75) is 37.9 Å². The maximum Gasteiger partial charge on any atom is 0.203 e. The quantitative estimate of drug-likeness (QED) is 0.179. The Balaban J connectivity index is 0.00000325. The van der Waals surface area contributed by atoms with Gasteiger partial charge in [-0.2, -0.15) is 0 Å². The molecule has 284 valence electrons. The number of piperidine rings is 1. The second kappa shape index (κ2) is 21.3. The molecule has 0 radical (unpaired) electrons. The van der Waals surface area contributed by atoms with Gasteiger partial charge in [-0.05, 0) is 92.3 Å². The minimum absolute atomic E-state index is 0. The fourth-order valence-electron chi connectivity index (χ4n) is 6.72. The van der Waals surface area contributed by atoms with Crippen molar-refractivity contribution in [3.63, 3.8) is 0 Å². The van der Waals surface area contributed by atoms with Crippen LogP contribution in [0.1, 0.15) is 30.9 Å². The number of hydrogen-bond acceptors (Lipinski definition) is 10. The number of halogens is 4. The van der Waals surface area contributed by atoms with E-state index in [0.29, 0.717) is 40.5 Å². The molecule has 0 saturated carbocycles. The number of methoxy groups -OCH3 is 6. The van der Waals surface area contributed by atoms with Gasteiger partial charge in [0.15, 0.2) is 23.0 Å². The second-order valence-corrected chi connectivity index (χ2v) is 11.8. The maximum absolute atomic E-state index is 5.70. The topological polar surface area (TPSA) is 86.8 Å². The summed E-state index contributed by atoms with van der Waals surface area (Å²) in [5, 5.41) is 3.65. The van der Waals surface area contributed by atoms with Crippen molar-refractivity contribution in [2.75, 3.05) is 68.8 Å². The van der Waals surface area contributed by atoms with E-state index in [-0.39, 0.29) is 49.6 Å². The molecule has 0 bridgehead atoms. The number of nitrogens with one attached hydrogen (secondary N) is 1. The first kappa shape index (κ1) is 45.8. The largest absolute Gasteiger partial charge is 0.493 e. The van der Waals surface area contributed by atoms with Crippen molar-refractivity contribution in [1.29, 1.82) is 0 Å². The Kier molecular flexibility index (Phi) is 19.1. The number of dihydropyridines is 1. The second-order valence-electron chi connectivity index (χ2n) is 11.8. The van der Waals surface area contributed by atoms with E-state index in [4.69, 9.17) is 28.4 Å². The highest BCUT2D eigenvalue weighted by Crippen LogP contribution is 2.43. The van der Waals surface area contributed by atoms with Crippen LogP contribution in [-0.4, -0.2) is 89.7 Å². The van der Waals surface area contributed by atoms with Gasteiger partial charge in [0.25, 0.3) is 0 Å². The summed E-state index contributed by atoms with van der Waals surface area (Å²) in [6, 6.07) is 12.7. The summed E-state index contributed by atoms with van der Waals surface area (Å²) in [6.07, 6.45) is 12.4. The molecule has 1 saturated heterocycles. The summed E-state index contributed by atoms with van der Waals surface area (Å²) in [6.45, 7) is 6.88. The summed E-state index contributed by atoms with van der Waals surface area (Å²) < 4.78 is 33.6. The lowest BCUT2D eigenvalue weighted by Gasteiger charge is -2.43. The third kappa shape index (κ3) is 10.2. The number of likely N-dealkylation sites (tertiary alicyclic amines) is 1. The molecule has 2 aliphatic rings. The standard InChI is InChI=1S/C37H48N4O6.4ClH/c1-8-41(24-26-11-16-38-30(19-26)27-20-31(42-2)35(46-6)32(21-27)43-3)29-12-17-40(18-13-29)25-37(14-9-10-15-39-37)28-22-33(44-4)36(47-7)34(23-28)45-5;;;;/h9-11,14-16,19-23,29,39H,8,12-13,17-18,24-25H2,1-7H3;4*1H. The Hall–Kier alpha value is -3.25. The van der Waals surface area contributed by atoms with Gasteiger partial charge in [-0.1, -0.05) is 19.1 Å². The van der Waals surface area contributed by atoms with Gasteiger partial charge in [-0.25, -0.2) is 0 Å². The SMILES string of the molecule is CCN(Cc1ccnc(-c2cc(OC)c(OC)c(OC)c2)c1)C1CCN(CC2(c3cc(OC)c(OC)c(OC)c3)C=CC=CN2)CC1.Cl.Cl.Cl.Cl. The molecular formula is C37H52Cl4N4O6. The van der Waals surface area contributed by atoms with E-state index in [1.165, 1.54) is 5.56 Å². The molecule has 0 aliphatic carbocycles. The lowest BCUT2D eigenvalue weighted by molar-refractivity contribution is 0.0945. The van der Waals surface area contributed by atoms with Gasteiger partial charge in [0.1, 0.15) is 0 Å². The van der Waals surface area contributed by atoms with Crippen LogP contribution in [0.25, 0.3) is 11.3 Å². The number of hydrogen-bond donors (Lipinski definition) is 1. The highest BCUT2D eigenvalue weighted by molar-refractivity contribution is 5.86. The van der Waals surface area contributed by atoms with Gasteiger partial charge >= 0.3 is 0 Å². The lowest BCUT2D eigenvalue weighted by atomic mass is 9.86. The number of aromatic nitrogens is 1. The van der Waals surface area contributed by atoms with Crippen molar-refractivity contribution in [3.05, 3.63) is 78.1 Å². The minimum atomic E-state index is -0.431. The van der Waals surface area contributed by atoms with Crippen LogP contribution < -0.4 is 33.7 Å². The summed E-state index contributed by atoms with van der Waals surface area (Å²) >= 11 is 0. The first-order valence-electron chi connectivity index (χ1n) is 16.1. The molecule has 0 spiro atoms. The van der Waals surface area contributed by atoms with Gasteiger partial charge in [-0.15, -0.1) is 49.6 Å². The van der Waals surface area contributed by atoms with Crippen molar-refractivity contribution in [2.24, 2.45) is 0 Å². The van der Waals surface area contributed by atoms with E-state index in [9.17, 15) is 0 Å². The fraction of sp³-hybridized carbons (Fsp3) is 0.432. The summed E-state index contributed by atoms with van der Waals surface area (Å²) in [4.78, 5) is 9.81. The number of pyridine rings is 1. The van der Waals surface area contributed by atoms with Crippen LogP contribution in [0.5, 0.6) is 34.5 Å². The van der Waals surface area contributed by atoms with E-state index >= 15 is 0 Å². The number of benzene rings is 2. The predicted octanol–water partition coefficient (Wildman–Crippen LogP) is 7.34. The average Bonchev–Trinajstić information content (AvgIpc) is 3.13. The molecule has 2 aliphatic heterocycles. The summed E-state index contributed by atoms with van der Waals surface area (Å²) in [7, 11) is 9.80. The molecule has 0 amide bonds. The van der Waals surface area contributed by atoms with Crippen LogP contribution in [0.3, 0.4) is 0 Å². The number of nitrogens with zero attached hydrogens (tertiary/aromatic N) is 3. The summed E-state index contributed by atoms with van der Waals surface area (Å²) in [5.74, 6) is 3.67. The average molecular weight is 791 g/mol. The van der Waals surface area contributed by atoms with Gasteiger partial charge in [0, 0.05) is 30.9 Å². The van der Waals surface area contributed by atoms with E-state index in [0.717, 1.165) is 62.4 Å². The van der Waals surface area contributed by atoms with Crippen molar-refractivity contribution < 1.29 is 28.4 Å². The van der Waals surface area contributed by atoms with Crippen LogP contribution in [0.2, 0.25) is 0 Å². The zero-order valence-electron chi connectivity index (χ0n) is 30.3. The Morgan fingerprint density at radius 3 is 1.78 bits per heavy atom. The van der Waals surface area contributed by atoms with Gasteiger partial charge < -0.3 is 38.6 Å². The molecule has 3 heterocycles. The molecule has 10 nitrogen and oxygen atoms in total. The van der Waals surface area contributed by atoms with E-state index < -0.39 is 5.54 Å². The van der Waals surface area contributed by atoms with Crippen LogP contribution >= 0.6 is 49.6 Å². The molecule has 14 heteroatoms. The Morgan fingerprint density at radius 1 is 0.765 bits per heavy atom. The number of rotatable bonds is 14. The minimum Gasteiger partial charge on any atom is -0.493 e. The number of allylic oxidation sites excluding steroid dienone is 2. The van der Waals surface area contributed by atoms with Crippen LogP contribution in [-0.2, 0) is 12.1 Å². The van der Waals surface area contributed by atoms with Crippen LogP contribution in [0.4, 0.5) is 0 Å². The van der Waals surface area contributed by atoms with E-state index in [2.05, 4.69) is 51.3 Å². The highest BCUT2D eigenvalue weighted by Gasteiger charge is 2.35. The number of ether oxygens (including phenoxy) is 6. The third-order valence-electron chi connectivity index (χ3n) is 9.23. The Labute approximate surface area is 327 Å². The van der Waals surface area contributed by atoms with Gasteiger partial charge in [0.05, 0.1) is 53.9 Å². The molecule has 1 fully saturated rings. The fourth-order valence-corrected chi connectivity index (χ4v) is 6.72. The molecule has 1 aromatic heterocycles. The highest BCUT2D eigenvalue weighted by atomic mass is 35.5. The van der Waals surface area contributed by atoms with Gasteiger partial charge in [-0.3, -0.25) is 9.88 Å². The zero-order valence-corrected chi connectivity index (χ0v) is 33.6. The molecule has 1 atom stereocenters. The molecule has 1 unspecified atom stereocenters. The molecule has 51 heavy (non-hydrogen) atoms. The van der Waals surface area contributed by atoms with Crippen molar-refractivity contribution in [1.82, 2.24) is 20.1 Å². The Morgan fingerprint density at radius 2 is 1.31 bits per heavy atom. The lowest BCUT2D eigenvalue weighted by Crippen LogP contribution is -2.52. The molecular weight excluding hydrogens is 738 g/mol. The van der Waals surface area contributed by atoms with Gasteiger partial charge in [0.2, 0.25) is 11.5 Å². The van der Waals surface area contributed by atoms with Crippen molar-refractivity contribution >= 4 is 49.6 Å². The maximum atomic E-state index is 5.70. The van der Waals surface area contributed by atoms with E-state index in [1.54, 1.807) is 42.7 Å². The smallest absolute Gasteiger partial charge is 0.203 e. The molecule has 1 N–H and O–H groups in total. The third-order valence-corrected chi connectivity index (χ3v) is 9.23. The summed E-state index contributed by atoms with van der Waals surface area (Å²) in [5.41, 5.74) is 3.63. The zero-order chi connectivity index (χ0) is 33.4. The van der Waals surface area contributed by atoms with Crippen LogP contribution in [0, 0.1) is 0 Å². The molecule has 5 rings (SSSR count). The Bertz CT molecular complexity index is 1540. The normalized spacial score (nSPS) is 16.7. The van der Waals surface area contributed by atoms with E-state index in [1.807, 2.05) is 42.7 Å². The molecule has 2 aromatic carbocycles. The first-order valence-corrected chi connectivity index (χ1v) is 16.1.